The van der Waals surface area contributed by atoms with E-state index in [2.05, 4.69) is 20.1 Å². The van der Waals surface area contributed by atoms with Crippen LogP contribution >= 0.6 is 25.8 Å². The van der Waals surface area contributed by atoms with Crippen molar-refractivity contribution in [2.75, 3.05) is 0 Å². The maximum Gasteiger partial charge on any atom is 0.339 e. The zero-order valence-corrected chi connectivity index (χ0v) is 21.4. The molecular weight excluding hydrogens is 580 g/mol. The van der Waals surface area contributed by atoms with Crippen LogP contribution in [0.3, 0.4) is 0 Å². The van der Waals surface area contributed by atoms with Crippen molar-refractivity contribution >= 4 is 46.8 Å². The average Bonchev–Trinajstić information content (AvgIpc) is 2.79. The van der Waals surface area contributed by atoms with Crippen molar-refractivity contribution in [3.63, 3.8) is 0 Å². The largest absolute Gasteiger partial charge is 0.372 e. The third-order valence-electron chi connectivity index (χ3n) is 4.92. The molecule has 1 atom stereocenters. The molecule has 0 aliphatic carbocycles. The molecule has 0 spiro atoms. The number of halogens is 6. The van der Waals surface area contributed by atoms with E-state index in [0.717, 1.165) is 22.2 Å². The number of pyridine rings is 1. The van der Waals surface area contributed by atoms with Crippen molar-refractivity contribution in [3.05, 3.63) is 98.0 Å². The van der Waals surface area contributed by atoms with Gasteiger partial charge in [0.2, 0.25) is 34.8 Å². The van der Waals surface area contributed by atoms with Crippen molar-refractivity contribution in [2.45, 2.75) is 11.8 Å². The summed E-state index contributed by atoms with van der Waals surface area (Å²) in [5.41, 5.74) is 1.14. The molecule has 0 amide bonds. The van der Waals surface area contributed by atoms with Crippen LogP contribution in [0.25, 0.3) is 16.6 Å². The molecule has 0 saturated heterocycles. The highest BCUT2D eigenvalue weighted by molar-refractivity contribution is 9.10. The lowest BCUT2D eigenvalue weighted by molar-refractivity contribution is 0.346. The lowest BCUT2D eigenvalue weighted by Gasteiger charge is -2.14. The number of nitrogens with zero attached hydrogens (tertiary/aromatic N) is 1. The fourth-order valence-corrected chi connectivity index (χ4v) is 4.76. The number of aromatic nitrogens is 1. The summed E-state index contributed by atoms with van der Waals surface area (Å²) in [6.07, 6.45) is 0. The molecule has 35 heavy (non-hydrogen) atoms. The summed E-state index contributed by atoms with van der Waals surface area (Å²) in [4.78, 5) is 11.9. The van der Waals surface area contributed by atoms with Crippen LogP contribution in [0.2, 0.25) is 0 Å². The second-order valence-corrected chi connectivity index (χ2v) is 9.56. The molecule has 184 valence electrons. The predicted octanol–water partition coefficient (Wildman–Crippen LogP) is 5.58. The highest BCUT2D eigenvalue weighted by Crippen LogP contribution is 2.32. The minimum Gasteiger partial charge on any atom is -0.372 e. The van der Waals surface area contributed by atoms with Crippen molar-refractivity contribution in [1.29, 1.82) is 0 Å². The summed E-state index contributed by atoms with van der Waals surface area (Å²) < 4.78 is 99.5. The molecule has 1 heterocycles. The summed E-state index contributed by atoms with van der Waals surface area (Å²) in [6, 6.07) is 10.9. The molecule has 4 aromatic rings. The number of aryl methyl sites for hydroxylation is 1. The Bertz CT molecular complexity index is 1630. The molecule has 1 aromatic heterocycles. The van der Waals surface area contributed by atoms with Gasteiger partial charge in [0.05, 0.1) is 11.2 Å². The van der Waals surface area contributed by atoms with Crippen molar-refractivity contribution in [2.24, 2.45) is 0 Å². The van der Waals surface area contributed by atoms with Crippen LogP contribution in [0.5, 0.6) is 5.75 Å². The number of benzene rings is 3. The smallest absolute Gasteiger partial charge is 0.339 e. The van der Waals surface area contributed by atoms with Crippen LogP contribution in [0.4, 0.5) is 22.0 Å². The summed E-state index contributed by atoms with van der Waals surface area (Å²) in [6.45, 7) is 1.77. The van der Waals surface area contributed by atoms with Crippen LogP contribution in [0.15, 0.2) is 62.7 Å². The topological polar surface area (TPSA) is 65.4 Å². The van der Waals surface area contributed by atoms with Crippen molar-refractivity contribution in [1.82, 2.24) is 4.57 Å². The van der Waals surface area contributed by atoms with Crippen LogP contribution in [0, 0.1) is 36.0 Å². The molecule has 0 radical (unpaired) electrons. The lowest BCUT2D eigenvalue weighted by atomic mass is 10.1. The van der Waals surface area contributed by atoms with Gasteiger partial charge in [-0.3, -0.25) is 9.36 Å². The first-order valence-corrected chi connectivity index (χ1v) is 11.5. The SMILES string of the molecule is Cc1cc(Br)ccc1-n1c(=O)ccc2cc(S(=O)(=O)Oc3c(F)c(F)c(F)c(F)c3F)ccc21.P. The average molecular weight is 594 g/mol. The molecule has 0 bridgehead atoms. The molecule has 4 rings (SSSR count). The molecule has 0 aliphatic heterocycles. The Morgan fingerprint density at radius 3 is 2.03 bits per heavy atom. The van der Waals surface area contributed by atoms with Gasteiger partial charge in [0.25, 0.3) is 5.56 Å². The monoisotopic (exact) mass is 593 g/mol. The summed E-state index contributed by atoms with van der Waals surface area (Å²) in [5.74, 6) is -14.0. The van der Waals surface area contributed by atoms with Crippen molar-refractivity contribution < 1.29 is 34.6 Å². The Morgan fingerprint density at radius 2 is 1.43 bits per heavy atom. The van der Waals surface area contributed by atoms with E-state index in [4.69, 9.17) is 0 Å². The van der Waals surface area contributed by atoms with Gasteiger partial charge in [-0.05, 0) is 55.0 Å². The molecule has 0 N–H and O–H groups in total. The van der Waals surface area contributed by atoms with Gasteiger partial charge in [-0.2, -0.15) is 27.1 Å². The van der Waals surface area contributed by atoms with E-state index in [-0.39, 0.29) is 15.3 Å². The molecule has 1 unspecified atom stereocenters. The lowest BCUT2D eigenvalue weighted by Crippen LogP contribution is -2.19. The van der Waals surface area contributed by atoms with Crippen LogP contribution in [0.1, 0.15) is 5.56 Å². The molecule has 13 heteroatoms. The number of fused-ring (bicyclic) bond motifs is 1. The summed E-state index contributed by atoms with van der Waals surface area (Å²) in [7, 11) is -5.03. The van der Waals surface area contributed by atoms with Gasteiger partial charge in [0.1, 0.15) is 4.90 Å². The highest BCUT2D eigenvalue weighted by Gasteiger charge is 2.31. The van der Waals surface area contributed by atoms with E-state index < -0.39 is 55.4 Å². The summed E-state index contributed by atoms with van der Waals surface area (Å²) in [5, 5.41) is 0.226. The molecular formula is C22H14BrF5NO4PS. The zero-order valence-electron chi connectivity index (χ0n) is 17.6. The van der Waals surface area contributed by atoms with Gasteiger partial charge in [0, 0.05) is 15.9 Å². The zero-order chi connectivity index (χ0) is 24.9. The molecule has 0 saturated carbocycles. The molecule has 3 aromatic carbocycles. The van der Waals surface area contributed by atoms with Crippen LogP contribution in [-0.4, -0.2) is 13.0 Å². The highest BCUT2D eigenvalue weighted by atomic mass is 79.9. The fraction of sp³-hybridized carbons (Fsp3) is 0.0455. The van der Waals surface area contributed by atoms with Gasteiger partial charge < -0.3 is 4.18 Å². The van der Waals surface area contributed by atoms with Gasteiger partial charge in [-0.15, -0.1) is 0 Å². The van der Waals surface area contributed by atoms with E-state index >= 15 is 0 Å². The Morgan fingerprint density at radius 1 is 0.829 bits per heavy atom. The second-order valence-electron chi connectivity index (χ2n) is 7.09. The van der Waals surface area contributed by atoms with Crippen LogP contribution < -0.4 is 9.74 Å². The standard InChI is InChI=1S/C22H11BrF5NO4S.H3P/c1-10-8-12(23)3-5-14(10)29-15-6-4-13(9-11(15)2-7-16(29)30)34(31,32)33-22-20(27)18(25)17(24)19(26)21(22)28;/h2-9H,1H3;1H3. The van der Waals surface area contributed by atoms with E-state index in [9.17, 15) is 35.2 Å². The number of hydrogen-bond donors (Lipinski definition) is 0. The maximum absolute atomic E-state index is 13.9. The molecule has 0 fully saturated rings. The van der Waals surface area contributed by atoms with Gasteiger partial charge >= 0.3 is 10.1 Å². The predicted molar refractivity (Wildman–Crippen MR) is 127 cm³/mol. The Labute approximate surface area is 207 Å². The van der Waals surface area contributed by atoms with Gasteiger partial charge in [-0.1, -0.05) is 15.9 Å². The third kappa shape index (κ3) is 4.70. The molecule has 0 aliphatic rings. The summed E-state index contributed by atoms with van der Waals surface area (Å²) >= 11 is 3.33. The Balaban J connectivity index is 0.00000342. The van der Waals surface area contributed by atoms with Crippen molar-refractivity contribution in [3.8, 4) is 11.4 Å². The minimum atomic E-state index is -5.03. The van der Waals surface area contributed by atoms with Crippen LogP contribution in [-0.2, 0) is 10.1 Å². The maximum atomic E-state index is 13.9. The van der Waals surface area contributed by atoms with E-state index in [1.807, 2.05) is 0 Å². The second kappa shape index (κ2) is 9.67. The molecule has 5 nitrogen and oxygen atoms in total. The fourth-order valence-electron chi connectivity index (χ4n) is 3.31. The van der Waals surface area contributed by atoms with E-state index in [1.165, 1.54) is 22.8 Å². The first kappa shape index (κ1) is 26.8. The van der Waals surface area contributed by atoms with E-state index in [1.54, 1.807) is 25.1 Å². The minimum absolute atomic E-state index is 0. The Hall–Kier alpha value is -2.82. The first-order chi connectivity index (χ1) is 15.9. The van der Waals surface area contributed by atoms with E-state index in [0.29, 0.717) is 11.2 Å². The quantitative estimate of drug-likeness (QED) is 0.102. The first-order valence-electron chi connectivity index (χ1n) is 9.30. The third-order valence-corrected chi connectivity index (χ3v) is 6.63. The van der Waals surface area contributed by atoms with Gasteiger partial charge in [0.15, 0.2) is 0 Å². The number of hydrogen-bond acceptors (Lipinski definition) is 4. The number of rotatable bonds is 4. The Kier molecular flexibility index (Phi) is 7.40. The van der Waals surface area contributed by atoms with Gasteiger partial charge in [-0.25, -0.2) is 13.2 Å². The normalized spacial score (nSPS) is 11.4.